The normalized spacial score (nSPS) is 17.2. The molecular formula is C24H24ClN5O6. The molecule has 2 aliphatic rings. The van der Waals surface area contributed by atoms with Gasteiger partial charge in [-0.3, -0.25) is 34.7 Å². The zero-order valence-corrected chi connectivity index (χ0v) is 20.4. The van der Waals surface area contributed by atoms with Crippen LogP contribution in [0.1, 0.15) is 48.2 Å². The second-order valence-electron chi connectivity index (χ2n) is 8.94. The third-order valence-corrected chi connectivity index (χ3v) is 6.35. The number of hydrogen-bond donors (Lipinski definition) is 2. The van der Waals surface area contributed by atoms with Gasteiger partial charge in [0.15, 0.2) is 0 Å². The van der Waals surface area contributed by atoms with Crippen LogP contribution in [0.25, 0.3) is 0 Å². The maximum absolute atomic E-state index is 13.0. The van der Waals surface area contributed by atoms with Crippen LogP contribution in [0, 0.1) is 10.1 Å². The molecule has 36 heavy (non-hydrogen) atoms. The van der Waals surface area contributed by atoms with Crippen LogP contribution in [0.5, 0.6) is 0 Å². The molecule has 0 saturated carbocycles. The molecule has 11 nitrogen and oxygen atoms in total. The molecule has 0 bridgehead atoms. The monoisotopic (exact) mass is 513 g/mol. The quantitative estimate of drug-likeness (QED) is 0.345. The summed E-state index contributed by atoms with van der Waals surface area (Å²) in [5, 5.41) is 16.4. The minimum Gasteiger partial charge on any atom is -0.334 e. The Hall–Kier alpha value is -3.99. The minimum absolute atomic E-state index is 0.101. The van der Waals surface area contributed by atoms with E-state index >= 15 is 0 Å². The molecule has 0 aliphatic carbocycles. The fraction of sp³-hybridized carbons (Fsp3) is 0.333. The molecule has 0 radical (unpaired) electrons. The number of hydrogen-bond acceptors (Lipinski definition) is 6. The third kappa shape index (κ3) is 5.01. The highest BCUT2D eigenvalue weighted by Gasteiger charge is 2.39. The fourth-order valence-electron chi connectivity index (χ4n) is 4.43. The number of urea groups is 1. The lowest BCUT2D eigenvalue weighted by Gasteiger charge is -2.29. The van der Waals surface area contributed by atoms with Gasteiger partial charge in [-0.15, -0.1) is 0 Å². The molecule has 1 fully saturated rings. The molecule has 1 saturated heterocycles. The van der Waals surface area contributed by atoms with Crippen LogP contribution in [0.15, 0.2) is 36.4 Å². The summed E-state index contributed by atoms with van der Waals surface area (Å²) >= 11 is 6.03. The van der Waals surface area contributed by atoms with Crippen LogP contribution in [-0.4, -0.2) is 45.7 Å². The standard InChI is InChI=1S/C24H24ClN5O6/c1-13(2)29(17-8-16(25)9-18(10-17)30(35)36)24(34)26-11-14-3-4-15-12-28(23(33)19(15)7-14)20-5-6-21(31)27-22(20)32/h3-4,7-10,13,20H,5-6,11-12H2,1-2H3,(H,26,34)(H,27,31,32). The van der Waals surface area contributed by atoms with Gasteiger partial charge < -0.3 is 10.2 Å². The van der Waals surface area contributed by atoms with Crippen molar-refractivity contribution >= 4 is 46.7 Å². The van der Waals surface area contributed by atoms with Crippen molar-refractivity contribution in [1.82, 2.24) is 15.5 Å². The number of nitro groups is 1. The van der Waals surface area contributed by atoms with Crippen molar-refractivity contribution in [3.05, 3.63) is 68.2 Å². The topological polar surface area (TPSA) is 142 Å². The third-order valence-electron chi connectivity index (χ3n) is 6.13. The zero-order chi connectivity index (χ0) is 26.1. The average Bonchev–Trinajstić information content (AvgIpc) is 3.13. The number of nitrogens with zero attached hydrogens (tertiary/aromatic N) is 3. The number of imide groups is 1. The number of benzene rings is 2. The van der Waals surface area contributed by atoms with Crippen molar-refractivity contribution in [3.8, 4) is 0 Å². The summed E-state index contributed by atoms with van der Waals surface area (Å²) in [6.07, 6.45) is 0.454. The molecule has 0 spiro atoms. The largest absolute Gasteiger partial charge is 0.334 e. The maximum Gasteiger partial charge on any atom is 0.322 e. The van der Waals surface area contributed by atoms with Gasteiger partial charge in [0.05, 0.1) is 10.6 Å². The highest BCUT2D eigenvalue weighted by molar-refractivity contribution is 6.31. The summed E-state index contributed by atoms with van der Waals surface area (Å²) in [7, 11) is 0. The lowest BCUT2D eigenvalue weighted by Crippen LogP contribution is -2.52. The Bertz CT molecular complexity index is 1280. The van der Waals surface area contributed by atoms with E-state index in [2.05, 4.69) is 10.6 Å². The van der Waals surface area contributed by atoms with Gasteiger partial charge in [-0.25, -0.2) is 4.79 Å². The summed E-state index contributed by atoms with van der Waals surface area (Å²) in [5.74, 6) is -1.13. The van der Waals surface area contributed by atoms with Crippen LogP contribution < -0.4 is 15.5 Å². The van der Waals surface area contributed by atoms with E-state index in [-0.39, 0.29) is 60.2 Å². The minimum atomic E-state index is -0.702. The van der Waals surface area contributed by atoms with E-state index in [9.17, 15) is 29.3 Å². The number of fused-ring (bicyclic) bond motifs is 1. The molecule has 1 atom stereocenters. The van der Waals surface area contributed by atoms with E-state index in [4.69, 9.17) is 11.6 Å². The second kappa shape index (κ2) is 9.94. The Balaban J connectivity index is 1.47. The number of halogens is 1. The van der Waals surface area contributed by atoms with Crippen LogP contribution in [0.4, 0.5) is 16.2 Å². The Labute approximate surface area is 211 Å². The fourth-order valence-corrected chi connectivity index (χ4v) is 4.65. The van der Waals surface area contributed by atoms with Crippen LogP contribution in [0.2, 0.25) is 5.02 Å². The first-order valence-electron chi connectivity index (χ1n) is 11.3. The number of rotatable bonds is 6. The lowest BCUT2D eigenvalue weighted by atomic mass is 10.0. The van der Waals surface area contributed by atoms with Crippen molar-refractivity contribution in [3.63, 3.8) is 0 Å². The van der Waals surface area contributed by atoms with E-state index in [0.29, 0.717) is 11.1 Å². The molecule has 1 unspecified atom stereocenters. The average molecular weight is 514 g/mol. The Morgan fingerprint density at radius 3 is 2.67 bits per heavy atom. The lowest BCUT2D eigenvalue weighted by molar-refractivity contribution is -0.384. The molecular weight excluding hydrogens is 490 g/mol. The van der Waals surface area contributed by atoms with Crippen LogP contribution in [0.3, 0.4) is 0 Å². The number of amides is 5. The maximum atomic E-state index is 13.0. The number of nitrogens with one attached hydrogen (secondary N) is 2. The molecule has 4 rings (SSSR count). The van der Waals surface area contributed by atoms with Gasteiger partial charge in [-0.1, -0.05) is 23.7 Å². The molecule has 5 amide bonds. The van der Waals surface area contributed by atoms with Crippen LogP contribution in [-0.2, 0) is 22.7 Å². The summed E-state index contributed by atoms with van der Waals surface area (Å²) in [4.78, 5) is 63.2. The first-order valence-corrected chi connectivity index (χ1v) is 11.7. The molecule has 2 aliphatic heterocycles. The molecule has 188 valence electrons. The van der Waals surface area contributed by atoms with E-state index in [1.54, 1.807) is 32.0 Å². The number of nitro benzene ring substituents is 1. The number of anilines is 1. The van der Waals surface area contributed by atoms with Crippen molar-refractivity contribution in [2.24, 2.45) is 0 Å². The number of piperidine rings is 1. The van der Waals surface area contributed by atoms with Gasteiger partial charge in [-0.05, 0) is 43.5 Å². The summed E-state index contributed by atoms with van der Waals surface area (Å²) in [6.45, 7) is 3.90. The molecule has 2 heterocycles. The Morgan fingerprint density at radius 2 is 2.00 bits per heavy atom. The van der Waals surface area contributed by atoms with E-state index in [1.165, 1.54) is 28.0 Å². The van der Waals surface area contributed by atoms with Gasteiger partial charge in [0.1, 0.15) is 6.04 Å². The number of non-ortho nitro benzene ring substituents is 1. The SMILES string of the molecule is CC(C)N(C(=O)NCc1ccc2c(c1)C(=O)N(C1CCC(=O)NC1=O)C2)c1cc(Cl)cc([N+](=O)[O-])c1. The van der Waals surface area contributed by atoms with Crippen molar-refractivity contribution in [2.75, 3.05) is 4.90 Å². The van der Waals surface area contributed by atoms with Gasteiger partial charge in [0.25, 0.3) is 11.6 Å². The van der Waals surface area contributed by atoms with Gasteiger partial charge in [0.2, 0.25) is 11.8 Å². The van der Waals surface area contributed by atoms with E-state index in [0.717, 1.165) is 5.56 Å². The molecule has 2 aromatic carbocycles. The van der Waals surface area contributed by atoms with Gasteiger partial charge >= 0.3 is 6.03 Å². The van der Waals surface area contributed by atoms with Crippen molar-refractivity contribution in [1.29, 1.82) is 0 Å². The molecule has 0 aromatic heterocycles. The highest BCUT2D eigenvalue weighted by Crippen LogP contribution is 2.30. The summed E-state index contributed by atoms with van der Waals surface area (Å²) < 4.78 is 0. The zero-order valence-electron chi connectivity index (χ0n) is 19.6. The van der Waals surface area contributed by atoms with Gasteiger partial charge in [-0.2, -0.15) is 0 Å². The number of carbonyl (C=O) groups excluding carboxylic acids is 4. The van der Waals surface area contributed by atoms with Crippen molar-refractivity contribution in [2.45, 2.75) is 51.9 Å². The Kier molecular flexibility index (Phi) is 6.93. The first kappa shape index (κ1) is 25.1. The summed E-state index contributed by atoms with van der Waals surface area (Å²) in [5.41, 5.74) is 1.92. The molecule has 12 heteroatoms. The number of carbonyl (C=O) groups is 4. The second-order valence-corrected chi connectivity index (χ2v) is 9.38. The van der Waals surface area contributed by atoms with Crippen molar-refractivity contribution < 1.29 is 24.1 Å². The predicted molar refractivity (Wildman–Crippen MR) is 130 cm³/mol. The smallest absolute Gasteiger partial charge is 0.322 e. The van der Waals surface area contributed by atoms with Crippen LogP contribution >= 0.6 is 11.6 Å². The van der Waals surface area contributed by atoms with Gasteiger partial charge in [0, 0.05) is 48.3 Å². The van der Waals surface area contributed by atoms with E-state index in [1.807, 2.05) is 0 Å². The highest BCUT2D eigenvalue weighted by atomic mass is 35.5. The molecule has 2 aromatic rings. The first-order chi connectivity index (χ1) is 17.0. The van der Waals surface area contributed by atoms with E-state index < -0.39 is 22.9 Å². The Morgan fingerprint density at radius 1 is 1.25 bits per heavy atom. The summed E-state index contributed by atoms with van der Waals surface area (Å²) in [6, 6.07) is 7.69. The predicted octanol–water partition coefficient (Wildman–Crippen LogP) is 3.13. The molecule has 2 N–H and O–H groups in total.